The van der Waals surface area contributed by atoms with Crippen molar-refractivity contribution >= 4 is 39.5 Å². The van der Waals surface area contributed by atoms with Crippen molar-refractivity contribution < 1.29 is 18.7 Å². The molecular weight excluding hydrogens is 367 g/mol. The molecule has 0 aliphatic heterocycles. The molecule has 1 amide bonds. The number of hydrogen-bond acceptors (Lipinski definition) is 5. The van der Waals surface area contributed by atoms with Crippen LogP contribution in [0, 0.1) is 5.82 Å². The molecule has 2 aromatic carbocycles. The second-order valence-corrected chi connectivity index (χ2v) is 6.86. The standard InChI is InChI=1S/C20H17FN2O3S/c1-23(12-14-6-2-3-7-15(14)21)19(24)13-26-20(25)11-10-18-22-16-8-4-5-9-17(16)27-18/h2-11H,12-13H2,1H3/b11-10+. The lowest BCUT2D eigenvalue weighted by atomic mass is 10.2. The Kier molecular flexibility index (Phi) is 5.93. The van der Waals surface area contributed by atoms with E-state index in [9.17, 15) is 14.0 Å². The Morgan fingerprint density at radius 3 is 2.70 bits per heavy atom. The highest BCUT2D eigenvalue weighted by Crippen LogP contribution is 2.22. The third-order valence-corrected chi connectivity index (χ3v) is 4.80. The number of carbonyl (C=O) groups is 2. The van der Waals surface area contributed by atoms with Crippen LogP contribution < -0.4 is 0 Å². The first-order valence-electron chi connectivity index (χ1n) is 8.21. The minimum absolute atomic E-state index is 0.102. The summed E-state index contributed by atoms with van der Waals surface area (Å²) < 4.78 is 19.6. The average Bonchev–Trinajstić information content (AvgIpc) is 3.09. The van der Waals surface area contributed by atoms with E-state index >= 15 is 0 Å². The zero-order valence-corrected chi connectivity index (χ0v) is 15.4. The number of likely N-dealkylation sites (N-methyl/N-ethyl adjacent to an activating group) is 1. The van der Waals surface area contributed by atoms with E-state index in [1.54, 1.807) is 24.3 Å². The predicted octanol–water partition coefficient (Wildman–Crippen LogP) is 3.65. The third-order valence-electron chi connectivity index (χ3n) is 3.80. The number of carbonyl (C=O) groups excluding carboxylic acids is 2. The van der Waals surface area contributed by atoms with Crippen LogP contribution in [0.2, 0.25) is 0 Å². The fourth-order valence-electron chi connectivity index (χ4n) is 2.36. The molecule has 0 saturated carbocycles. The molecule has 0 fully saturated rings. The molecule has 0 saturated heterocycles. The first-order valence-corrected chi connectivity index (χ1v) is 9.02. The van der Waals surface area contributed by atoms with Crippen molar-refractivity contribution in [2.24, 2.45) is 0 Å². The van der Waals surface area contributed by atoms with Crippen molar-refractivity contribution in [2.45, 2.75) is 6.54 Å². The lowest BCUT2D eigenvalue weighted by Gasteiger charge is -2.17. The highest BCUT2D eigenvalue weighted by atomic mass is 32.1. The maximum atomic E-state index is 13.6. The zero-order valence-electron chi connectivity index (χ0n) is 14.6. The molecule has 138 valence electrons. The topological polar surface area (TPSA) is 59.5 Å². The lowest BCUT2D eigenvalue weighted by Crippen LogP contribution is -2.30. The van der Waals surface area contributed by atoms with E-state index in [1.807, 2.05) is 24.3 Å². The second kappa shape index (κ2) is 8.55. The monoisotopic (exact) mass is 384 g/mol. The number of halogens is 1. The van der Waals surface area contributed by atoms with Crippen molar-refractivity contribution in [1.29, 1.82) is 0 Å². The molecule has 1 aromatic heterocycles. The fourth-order valence-corrected chi connectivity index (χ4v) is 3.23. The van der Waals surface area contributed by atoms with E-state index in [2.05, 4.69) is 4.98 Å². The number of nitrogens with zero attached hydrogens (tertiary/aromatic N) is 2. The van der Waals surface area contributed by atoms with Gasteiger partial charge in [0.05, 0.1) is 10.2 Å². The van der Waals surface area contributed by atoms with Crippen molar-refractivity contribution in [3.8, 4) is 0 Å². The van der Waals surface area contributed by atoms with Crippen LogP contribution in [0.25, 0.3) is 16.3 Å². The Hall–Kier alpha value is -3.06. The summed E-state index contributed by atoms with van der Waals surface area (Å²) in [5, 5.41) is 0.677. The number of thiazole rings is 1. The summed E-state index contributed by atoms with van der Waals surface area (Å²) in [6, 6.07) is 13.9. The van der Waals surface area contributed by atoms with Gasteiger partial charge in [0, 0.05) is 25.2 Å². The molecule has 5 nitrogen and oxygen atoms in total. The maximum Gasteiger partial charge on any atom is 0.331 e. The summed E-state index contributed by atoms with van der Waals surface area (Å²) in [6.45, 7) is -0.307. The quantitative estimate of drug-likeness (QED) is 0.481. The maximum absolute atomic E-state index is 13.6. The van der Waals surface area contributed by atoms with Crippen molar-refractivity contribution in [3.63, 3.8) is 0 Å². The molecule has 0 spiro atoms. The number of ether oxygens (including phenoxy) is 1. The number of amides is 1. The fraction of sp³-hybridized carbons (Fsp3) is 0.150. The Labute approximate surface area is 159 Å². The van der Waals surface area contributed by atoms with Crippen LogP contribution in [0.15, 0.2) is 54.6 Å². The van der Waals surface area contributed by atoms with Gasteiger partial charge in [0.1, 0.15) is 10.8 Å². The second-order valence-electron chi connectivity index (χ2n) is 5.80. The van der Waals surface area contributed by atoms with Crippen molar-refractivity contribution in [3.05, 3.63) is 71.0 Å². The van der Waals surface area contributed by atoms with Gasteiger partial charge >= 0.3 is 5.97 Å². The Balaban J connectivity index is 1.50. The van der Waals surface area contributed by atoms with Crippen LogP contribution in [-0.4, -0.2) is 35.4 Å². The molecule has 0 aliphatic rings. The summed E-state index contributed by atoms with van der Waals surface area (Å²) in [4.78, 5) is 29.5. The third kappa shape index (κ3) is 4.98. The molecular formula is C20H17FN2O3S. The molecule has 7 heteroatoms. The summed E-state index contributed by atoms with van der Waals surface area (Å²) in [5.41, 5.74) is 1.26. The number of aromatic nitrogens is 1. The van der Waals surface area contributed by atoms with Crippen LogP contribution in [0.3, 0.4) is 0 Å². The van der Waals surface area contributed by atoms with Gasteiger partial charge in [-0.2, -0.15) is 0 Å². The van der Waals surface area contributed by atoms with Gasteiger partial charge in [-0.15, -0.1) is 11.3 Å². The first-order chi connectivity index (χ1) is 13.0. The molecule has 3 rings (SSSR count). The smallest absolute Gasteiger partial charge is 0.331 e. The lowest BCUT2D eigenvalue weighted by molar-refractivity contribution is -0.147. The SMILES string of the molecule is CN(Cc1ccccc1F)C(=O)COC(=O)/C=C/c1nc2ccccc2s1. The summed E-state index contributed by atoms with van der Waals surface area (Å²) in [5.74, 6) is -1.44. The van der Waals surface area contributed by atoms with E-state index in [4.69, 9.17) is 4.74 Å². The van der Waals surface area contributed by atoms with E-state index in [-0.39, 0.29) is 12.4 Å². The Morgan fingerprint density at radius 1 is 1.19 bits per heavy atom. The highest BCUT2D eigenvalue weighted by Gasteiger charge is 2.13. The van der Waals surface area contributed by atoms with Gasteiger partial charge in [-0.3, -0.25) is 4.79 Å². The summed E-state index contributed by atoms with van der Waals surface area (Å²) in [6.07, 6.45) is 2.79. The summed E-state index contributed by atoms with van der Waals surface area (Å²) >= 11 is 1.45. The highest BCUT2D eigenvalue weighted by molar-refractivity contribution is 7.19. The van der Waals surface area contributed by atoms with Crippen LogP contribution >= 0.6 is 11.3 Å². The number of esters is 1. The molecule has 0 radical (unpaired) electrons. The number of fused-ring (bicyclic) bond motifs is 1. The Morgan fingerprint density at radius 2 is 1.93 bits per heavy atom. The van der Waals surface area contributed by atoms with Crippen LogP contribution in [-0.2, 0) is 20.9 Å². The van der Waals surface area contributed by atoms with Crippen LogP contribution in [0.4, 0.5) is 4.39 Å². The van der Waals surface area contributed by atoms with Gasteiger partial charge < -0.3 is 9.64 Å². The Bertz CT molecular complexity index is 967. The largest absolute Gasteiger partial charge is 0.452 e. The number of hydrogen-bond donors (Lipinski definition) is 0. The first kappa shape index (κ1) is 18.7. The van der Waals surface area contributed by atoms with E-state index < -0.39 is 18.5 Å². The molecule has 1 heterocycles. The van der Waals surface area contributed by atoms with Gasteiger partial charge in [0.2, 0.25) is 0 Å². The van der Waals surface area contributed by atoms with E-state index in [1.165, 1.54) is 35.4 Å². The minimum atomic E-state index is -0.637. The van der Waals surface area contributed by atoms with Crippen molar-refractivity contribution in [2.75, 3.05) is 13.7 Å². The summed E-state index contributed by atoms with van der Waals surface area (Å²) in [7, 11) is 1.53. The van der Waals surface area contributed by atoms with Gasteiger partial charge in [0.15, 0.2) is 6.61 Å². The van der Waals surface area contributed by atoms with E-state index in [0.717, 1.165) is 10.2 Å². The molecule has 3 aromatic rings. The molecule has 0 aliphatic carbocycles. The molecule has 0 bridgehead atoms. The molecule has 0 unspecified atom stereocenters. The van der Waals surface area contributed by atoms with E-state index in [0.29, 0.717) is 10.6 Å². The number of rotatable bonds is 6. The zero-order chi connectivity index (χ0) is 19.2. The van der Waals surface area contributed by atoms with Gasteiger partial charge in [-0.1, -0.05) is 30.3 Å². The van der Waals surface area contributed by atoms with Crippen molar-refractivity contribution in [1.82, 2.24) is 9.88 Å². The van der Waals surface area contributed by atoms with Crippen LogP contribution in [0.1, 0.15) is 10.6 Å². The minimum Gasteiger partial charge on any atom is -0.452 e. The van der Waals surface area contributed by atoms with Gasteiger partial charge in [0.25, 0.3) is 5.91 Å². The molecule has 0 N–H and O–H groups in total. The molecule has 0 atom stereocenters. The van der Waals surface area contributed by atoms with Crippen LogP contribution in [0.5, 0.6) is 0 Å². The van der Waals surface area contributed by atoms with Gasteiger partial charge in [-0.05, 0) is 24.3 Å². The average molecular weight is 384 g/mol. The number of para-hydroxylation sites is 1. The normalized spacial score (nSPS) is 11.0. The predicted molar refractivity (Wildman–Crippen MR) is 102 cm³/mol. The van der Waals surface area contributed by atoms with Gasteiger partial charge in [-0.25, -0.2) is 14.2 Å². The number of benzene rings is 2. The molecule has 27 heavy (non-hydrogen) atoms.